The smallest absolute Gasteiger partial charge is 0.262 e. The van der Waals surface area contributed by atoms with Gasteiger partial charge in [-0.25, -0.2) is 0 Å². The van der Waals surface area contributed by atoms with E-state index in [9.17, 15) is 4.79 Å². The minimum atomic E-state index is -0.125. The second kappa shape index (κ2) is 6.65. The van der Waals surface area contributed by atoms with Gasteiger partial charge >= 0.3 is 0 Å². The van der Waals surface area contributed by atoms with E-state index in [0.29, 0.717) is 11.4 Å². The Morgan fingerprint density at radius 1 is 0.880 bits per heavy atom. The molecule has 1 heterocycles. The van der Waals surface area contributed by atoms with Crippen LogP contribution in [0.25, 0.3) is 11.6 Å². The lowest BCUT2D eigenvalue weighted by Crippen LogP contribution is -2.25. The summed E-state index contributed by atoms with van der Waals surface area (Å²) in [6, 6.07) is 26.4. The first-order valence-electron chi connectivity index (χ1n) is 8.19. The van der Waals surface area contributed by atoms with E-state index in [-0.39, 0.29) is 12.5 Å². The molecule has 3 aromatic rings. The second-order valence-corrected chi connectivity index (χ2v) is 5.88. The molecule has 1 amide bonds. The van der Waals surface area contributed by atoms with E-state index >= 15 is 0 Å². The molecule has 0 radical (unpaired) electrons. The molecule has 0 aromatic heterocycles. The summed E-state index contributed by atoms with van der Waals surface area (Å²) in [5, 5.41) is 2.86. The molecular weight excluding hydrogens is 310 g/mol. The topological polar surface area (TPSA) is 38.3 Å². The Kier molecular flexibility index (Phi) is 4.05. The van der Waals surface area contributed by atoms with Crippen molar-refractivity contribution in [2.24, 2.45) is 0 Å². The van der Waals surface area contributed by atoms with Crippen molar-refractivity contribution in [2.45, 2.75) is 0 Å². The predicted octanol–water partition coefficient (Wildman–Crippen LogP) is 4.61. The zero-order chi connectivity index (χ0) is 17.1. The summed E-state index contributed by atoms with van der Waals surface area (Å²) in [4.78, 5) is 11.6. The Balaban J connectivity index is 1.80. The molecule has 3 heteroatoms. The highest BCUT2D eigenvalue weighted by Gasteiger charge is 2.15. The first kappa shape index (κ1) is 15.2. The maximum absolute atomic E-state index is 11.6. The number of rotatable bonds is 3. The number of carbonyl (C=O) groups excluding carboxylic acids is 1. The molecule has 0 spiro atoms. The van der Waals surface area contributed by atoms with E-state index in [1.807, 2.05) is 54.6 Å². The van der Waals surface area contributed by atoms with Gasteiger partial charge in [0.25, 0.3) is 5.91 Å². The number of benzene rings is 3. The Morgan fingerprint density at radius 3 is 2.16 bits per heavy atom. The third-order valence-corrected chi connectivity index (χ3v) is 4.12. The standard InChI is InChI=1S/C22H17NO2/c24-22-15-25-21-12-11-16(14-20(21)23-22)13-19(17-7-3-1-4-8-17)18-9-5-2-6-10-18/h1-14H,15H2,(H,23,24). The van der Waals surface area contributed by atoms with Gasteiger partial charge in [0.15, 0.2) is 6.61 Å². The molecule has 1 aliphatic heterocycles. The normalized spacial score (nSPS) is 12.6. The zero-order valence-electron chi connectivity index (χ0n) is 13.6. The summed E-state index contributed by atoms with van der Waals surface area (Å²) in [5.74, 6) is 0.581. The number of nitrogens with one attached hydrogen (secondary N) is 1. The average Bonchev–Trinajstić information content (AvgIpc) is 2.67. The number of ether oxygens (including phenoxy) is 1. The van der Waals surface area contributed by atoms with Gasteiger partial charge in [0.05, 0.1) is 5.69 Å². The fraction of sp³-hybridized carbons (Fsp3) is 0.0455. The molecule has 3 aromatic carbocycles. The molecular formula is C22H17NO2. The van der Waals surface area contributed by atoms with Crippen LogP contribution in [-0.2, 0) is 4.79 Å². The fourth-order valence-corrected chi connectivity index (χ4v) is 2.93. The van der Waals surface area contributed by atoms with Crippen molar-refractivity contribution in [3.8, 4) is 5.75 Å². The Hall–Kier alpha value is -3.33. The van der Waals surface area contributed by atoms with Crippen LogP contribution >= 0.6 is 0 Å². The summed E-state index contributed by atoms with van der Waals surface area (Å²) < 4.78 is 5.43. The summed E-state index contributed by atoms with van der Waals surface area (Å²) in [7, 11) is 0. The predicted molar refractivity (Wildman–Crippen MR) is 100 cm³/mol. The van der Waals surface area contributed by atoms with Crippen LogP contribution in [0.5, 0.6) is 5.75 Å². The molecule has 0 saturated heterocycles. The summed E-state index contributed by atoms with van der Waals surface area (Å²) in [6.07, 6.45) is 2.13. The van der Waals surface area contributed by atoms with Crippen LogP contribution < -0.4 is 10.1 Å². The molecule has 3 nitrogen and oxygen atoms in total. The highest BCUT2D eigenvalue weighted by atomic mass is 16.5. The molecule has 25 heavy (non-hydrogen) atoms. The molecule has 0 unspecified atom stereocenters. The molecule has 0 aliphatic carbocycles. The number of fused-ring (bicyclic) bond motifs is 1. The van der Waals surface area contributed by atoms with E-state index in [0.717, 1.165) is 22.3 Å². The quantitative estimate of drug-likeness (QED) is 0.714. The Morgan fingerprint density at radius 2 is 1.52 bits per heavy atom. The minimum absolute atomic E-state index is 0.0709. The highest BCUT2D eigenvalue weighted by molar-refractivity contribution is 5.97. The van der Waals surface area contributed by atoms with Crippen LogP contribution in [0.4, 0.5) is 5.69 Å². The van der Waals surface area contributed by atoms with E-state index in [2.05, 4.69) is 35.7 Å². The van der Waals surface area contributed by atoms with Crippen molar-refractivity contribution in [2.75, 3.05) is 11.9 Å². The summed E-state index contributed by atoms with van der Waals surface area (Å²) in [6.45, 7) is 0.0709. The maximum atomic E-state index is 11.6. The van der Waals surface area contributed by atoms with Crippen molar-refractivity contribution < 1.29 is 9.53 Å². The van der Waals surface area contributed by atoms with Gasteiger partial charge in [-0.2, -0.15) is 0 Å². The van der Waals surface area contributed by atoms with Crippen LogP contribution in [0.3, 0.4) is 0 Å². The SMILES string of the molecule is O=C1COc2ccc(C=C(c3ccccc3)c3ccccc3)cc2N1. The van der Waals surface area contributed by atoms with E-state index in [1.54, 1.807) is 0 Å². The van der Waals surface area contributed by atoms with E-state index in [4.69, 9.17) is 4.74 Å². The Bertz CT molecular complexity index is 889. The van der Waals surface area contributed by atoms with Crippen LogP contribution in [0, 0.1) is 0 Å². The highest BCUT2D eigenvalue weighted by Crippen LogP contribution is 2.31. The third kappa shape index (κ3) is 3.31. The number of hydrogen-bond donors (Lipinski definition) is 1. The molecule has 0 saturated carbocycles. The van der Waals surface area contributed by atoms with Crippen molar-refractivity contribution in [3.05, 3.63) is 95.6 Å². The molecule has 122 valence electrons. The first-order valence-corrected chi connectivity index (χ1v) is 8.19. The van der Waals surface area contributed by atoms with E-state index < -0.39 is 0 Å². The zero-order valence-corrected chi connectivity index (χ0v) is 13.6. The third-order valence-electron chi connectivity index (χ3n) is 4.12. The van der Waals surface area contributed by atoms with Gasteiger partial charge in [-0.1, -0.05) is 66.7 Å². The summed E-state index contributed by atoms with van der Waals surface area (Å²) >= 11 is 0. The van der Waals surface area contributed by atoms with Gasteiger partial charge in [0, 0.05) is 0 Å². The van der Waals surface area contributed by atoms with Gasteiger partial charge in [0.1, 0.15) is 5.75 Å². The van der Waals surface area contributed by atoms with E-state index in [1.165, 1.54) is 0 Å². The van der Waals surface area contributed by atoms with Crippen LogP contribution in [-0.4, -0.2) is 12.5 Å². The number of amides is 1. The molecule has 0 atom stereocenters. The van der Waals surface area contributed by atoms with Crippen molar-refractivity contribution in [1.82, 2.24) is 0 Å². The lowest BCUT2D eigenvalue weighted by molar-refractivity contribution is -0.118. The number of carbonyl (C=O) groups is 1. The van der Waals surface area contributed by atoms with Gasteiger partial charge in [-0.15, -0.1) is 0 Å². The van der Waals surface area contributed by atoms with Crippen molar-refractivity contribution in [1.29, 1.82) is 0 Å². The van der Waals surface area contributed by atoms with Gasteiger partial charge in [0.2, 0.25) is 0 Å². The molecule has 1 N–H and O–H groups in total. The largest absolute Gasteiger partial charge is 0.482 e. The maximum Gasteiger partial charge on any atom is 0.262 e. The Labute approximate surface area is 146 Å². The average molecular weight is 327 g/mol. The van der Waals surface area contributed by atoms with Gasteiger partial charge in [-0.05, 0) is 40.5 Å². The lowest BCUT2D eigenvalue weighted by Gasteiger charge is -2.18. The fourth-order valence-electron chi connectivity index (χ4n) is 2.93. The van der Waals surface area contributed by atoms with Crippen LogP contribution in [0.2, 0.25) is 0 Å². The molecule has 0 bridgehead atoms. The van der Waals surface area contributed by atoms with Crippen LogP contribution in [0.15, 0.2) is 78.9 Å². The molecule has 4 rings (SSSR count). The molecule has 0 fully saturated rings. The van der Waals surface area contributed by atoms with Gasteiger partial charge in [-0.3, -0.25) is 4.79 Å². The second-order valence-electron chi connectivity index (χ2n) is 5.88. The number of anilines is 1. The first-order chi connectivity index (χ1) is 12.3. The van der Waals surface area contributed by atoms with Crippen molar-refractivity contribution in [3.63, 3.8) is 0 Å². The van der Waals surface area contributed by atoms with Crippen molar-refractivity contribution >= 4 is 23.2 Å². The monoisotopic (exact) mass is 327 g/mol. The minimum Gasteiger partial charge on any atom is -0.482 e. The molecule has 1 aliphatic rings. The van der Waals surface area contributed by atoms with Gasteiger partial charge < -0.3 is 10.1 Å². The summed E-state index contributed by atoms with van der Waals surface area (Å²) in [5.41, 5.74) is 5.14. The number of hydrogen-bond acceptors (Lipinski definition) is 2. The van der Waals surface area contributed by atoms with Crippen LogP contribution in [0.1, 0.15) is 16.7 Å². The lowest BCUT2D eigenvalue weighted by atomic mass is 9.95.